The lowest BCUT2D eigenvalue weighted by Crippen LogP contribution is -2.31. The van der Waals surface area contributed by atoms with Crippen molar-refractivity contribution in [3.63, 3.8) is 0 Å². The Balaban J connectivity index is 2.14. The summed E-state index contributed by atoms with van der Waals surface area (Å²) in [6.07, 6.45) is 1.84. The number of unbranched alkanes of at least 4 members (excludes halogenated alkanes) is 2. The molecule has 5 heteroatoms. The lowest BCUT2D eigenvalue weighted by Gasteiger charge is -2.22. The third kappa shape index (κ3) is 6.36. The second-order valence-electron chi connectivity index (χ2n) is 5.99. The first-order valence-corrected chi connectivity index (χ1v) is 8.96. The minimum Gasteiger partial charge on any atom is -0.497 e. The zero-order valence-electron chi connectivity index (χ0n) is 15.7. The molecule has 0 fully saturated rings. The summed E-state index contributed by atoms with van der Waals surface area (Å²) < 4.78 is 10.4. The number of benzene rings is 2. The maximum Gasteiger partial charge on any atom is 0.435 e. The summed E-state index contributed by atoms with van der Waals surface area (Å²) in [6.45, 7) is 2.16. The molecule has 0 saturated carbocycles. The van der Waals surface area contributed by atoms with E-state index >= 15 is 0 Å². The van der Waals surface area contributed by atoms with Crippen molar-refractivity contribution in [3.8, 4) is 17.6 Å². The molecule has 1 N–H and O–H groups in total. The molecule has 0 aromatic heterocycles. The van der Waals surface area contributed by atoms with Crippen LogP contribution in [0.25, 0.3) is 0 Å². The van der Waals surface area contributed by atoms with Gasteiger partial charge < -0.3 is 9.47 Å². The van der Waals surface area contributed by atoms with Crippen LogP contribution >= 0.6 is 0 Å². The molecule has 2 aromatic carbocycles. The van der Waals surface area contributed by atoms with Gasteiger partial charge in [-0.05, 0) is 29.7 Å². The van der Waals surface area contributed by atoms with E-state index in [0.29, 0.717) is 22.8 Å². The highest BCUT2D eigenvalue weighted by molar-refractivity contribution is 5.67. The Kier molecular flexibility index (Phi) is 8.21. The van der Waals surface area contributed by atoms with Gasteiger partial charge in [0.25, 0.3) is 0 Å². The van der Waals surface area contributed by atoms with E-state index in [-0.39, 0.29) is 6.61 Å². The van der Waals surface area contributed by atoms with E-state index in [2.05, 4.69) is 18.8 Å². The molecule has 0 aliphatic carbocycles. The maximum atomic E-state index is 12.3. The van der Waals surface area contributed by atoms with Gasteiger partial charge in [-0.2, -0.15) is 5.06 Å². The molecule has 1 amide bonds. The molecule has 1 unspecified atom stereocenters. The van der Waals surface area contributed by atoms with Gasteiger partial charge in [-0.15, -0.1) is 5.92 Å². The summed E-state index contributed by atoms with van der Waals surface area (Å²) in [5, 5.41) is 11.0. The van der Waals surface area contributed by atoms with Crippen molar-refractivity contribution >= 4 is 6.09 Å². The average molecular weight is 367 g/mol. The smallest absolute Gasteiger partial charge is 0.435 e. The maximum absolute atomic E-state index is 12.3. The molecule has 2 aromatic rings. The van der Waals surface area contributed by atoms with Crippen LogP contribution in [-0.4, -0.2) is 23.5 Å². The van der Waals surface area contributed by atoms with Gasteiger partial charge in [-0.3, -0.25) is 5.21 Å². The predicted molar refractivity (Wildman–Crippen MR) is 103 cm³/mol. The minimum atomic E-state index is -0.850. The fraction of sp³-hybridized carbons (Fsp3) is 0.318. The molecule has 0 aliphatic heterocycles. The summed E-state index contributed by atoms with van der Waals surface area (Å²) in [7, 11) is 1.56. The Morgan fingerprint density at radius 1 is 1.19 bits per heavy atom. The van der Waals surface area contributed by atoms with E-state index in [9.17, 15) is 10.0 Å². The minimum absolute atomic E-state index is 0.0742. The first-order chi connectivity index (χ1) is 13.2. The van der Waals surface area contributed by atoms with Gasteiger partial charge in [0.1, 0.15) is 18.4 Å². The molecule has 0 heterocycles. The fourth-order valence-corrected chi connectivity index (χ4v) is 2.42. The van der Waals surface area contributed by atoms with Crippen LogP contribution in [0, 0.1) is 11.8 Å². The molecule has 0 aliphatic rings. The second-order valence-corrected chi connectivity index (χ2v) is 5.99. The van der Waals surface area contributed by atoms with Crippen LogP contribution in [0.2, 0.25) is 0 Å². The fourth-order valence-electron chi connectivity index (χ4n) is 2.42. The van der Waals surface area contributed by atoms with Gasteiger partial charge in [-0.1, -0.05) is 61.7 Å². The Morgan fingerprint density at radius 2 is 1.96 bits per heavy atom. The van der Waals surface area contributed by atoms with E-state index in [1.54, 1.807) is 31.4 Å². The van der Waals surface area contributed by atoms with Gasteiger partial charge >= 0.3 is 6.09 Å². The third-order valence-electron chi connectivity index (χ3n) is 3.94. The van der Waals surface area contributed by atoms with Crippen molar-refractivity contribution in [2.45, 2.75) is 38.8 Å². The van der Waals surface area contributed by atoms with Gasteiger partial charge in [0.05, 0.1) is 7.11 Å². The monoisotopic (exact) mass is 367 g/mol. The Labute approximate surface area is 160 Å². The van der Waals surface area contributed by atoms with Crippen LogP contribution in [0.1, 0.15) is 43.4 Å². The molecule has 142 valence electrons. The summed E-state index contributed by atoms with van der Waals surface area (Å²) in [5.41, 5.74) is 1.49. The number of carbonyl (C=O) groups excluding carboxylic acids is 1. The van der Waals surface area contributed by atoms with Gasteiger partial charge in [0, 0.05) is 6.42 Å². The van der Waals surface area contributed by atoms with Crippen LogP contribution in [0.4, 0.5) is 4.79 Å². The van der Waals surface area contributed by atoms with Crippen LogP contribution in [-0.2, 0) is 11.3 Å². The Morgan fingerprint density at radius 3 is 2.67 bits per heavy atom. The number of rotatable bonds is 7. The van der Waals surface area contributed by atoms with Crippen molar-refractivity contribution in [2.24, 2.45) is 0 Å². The lowest BCUT2D eigenvalue weighted by atomic mass is 10.1. The van der Waals surface area contributed by atoms with Crippen molar-refractivity contribution < 1.29 is 19.5 Å². The summed E-state index contributed by atoms with van der Waals surface area (Å²) in [6, 6.07) is 15.6. The molecule has 1 atom stereocenters. The lowest BCUT2D eigenvalue weighted by molar-refractivity contribution is -0.0935. The number of methoxy groups -OCH3 is 1. The zero-order valence-corrected chi connectivity index (χ0v) is 15.7. The van der Waals surface area contributed by atoms with E-state index in [1.807, 2.05) is 30.3 Å². The highest BCUT2D eigenvalue weighted by atomic mass is 16.6. The molecule has 0 saturated heterocycles. The van der Waals surface area contributed by atoms with Crippen LogP contribution in [0.5, 0.6) is 5.75 Å². The second kappa shape index (κ2) is 10.9. The molecule has 5 nitrogen and oxygen atoms in total. The highest BCUT2D eigenvalue weighted by Crippen LogP contribution is 2.23. The van der Waals surface area contributed by atoms with Crippen LogP contribution < -0.4 is 4.74 Å². The third-order valence-corrected chi connectivity index (χ3v) is 3.94. The van der Waals surface area contributed by atoms with E-state index in [1.165, 1.54) is 0 Å². The molecule has 0 bridgehead atoms. The SMILES string of the molecule is CCCCC#CC(c1cccc(OC)c1)N(O)C(=O)OCc1ccccc1. The molecular formula is C22H25NO4. The summed E-state index contributed by atoms with van der Waals surface area (Å²) >= 11 is 0. The first-order valence-electron chi connectivity index (χ1n) is 8.96. The van der Waals surface area contributed by atoms with E-state index in [0.717, 1.165) is 18.4 Å². The summed E-state index contributed by atoms with van der Waals surface area (Å²) in [4.78, 5) is 12.3. The van der Waals surface area contributed by atoms with E-state index in [4.69, 9.17) is 9.47 Å². The molecule has 27 heavy (non-hydrogen) atoms. The average Bonchev–Trinajstić information content (AvgIpc) is 2.72. The first kappa shape index (κ1) is 20.3. The topological polar surface area (TPSA) is 59.0 Å². The number of hydroxylamine groups is 2. The number of hydrogen-bond acceptors (Lipinski definition) is 4. The van der Waals surface area contributed by atoms with Crippen molar-refractivity contribution in [3.05, 3.63) is 65.7 Å². The van der Waals surface area contributed by atoms with Crippen molar-refractivity contribution in [1.29, 1.82) is 0 Å². The van der Waals surface area contributed by atoms with Crippen molar-refractivity contribution in [2.75, 3.05) is 7.11 Å². The standard InChI is InChI=1S/C22H25NO4/c1-3-4-5-9-15-21(19-13-10-14-20(16-19)26-2)23(25)22(24)27-17-18-11-7-6-8-12-18/h6-8,10-14,16,21,25H,3-5,17H2,1-2H3. The van der Waals surface area contributed by atoms with Gasteiger partial charge in [0.2, 0.25) is 0 Å². The predicted octanol–water partition coefficient (Wildman–Crippen LogP) is 4.96. The van der Waals surface area contributed by atoms with Gasteiger partial charge in [0.15, 0.2) is 0 Å². The number of carbonyl (C=O) groups is 1. The number of amides is 1. The highest BCUT2D eigenvalue weighted by Gasteiger charge is 2.24. The van der Waals surface area contributed by atoms with E-state index < -0.39 is 12.1 Å². The number of ether oxygens (including phenoxy) is 2. The Bertz CT molecular complexity index is 780. The normalized spacial score (nSPS) is 11.1. The molecular weight excluding hydrogens is 342 g/mol. The largest absolute Gasteiger partial charge is 0.497 e. The quantitative estimate of drug-likeness (QED) is 0.325. The van der Waals surface area contributed by atoms with Crippen LogP contribution in [0.15, 0.2) is 54.6 Å². The number of hydrogen-bond donors (Lipinski definition) is 1. The Hall–Kier alpha value is -2.97. The van der Waals surface area contributed by atoms with Gasteiger partial charge in [-0.25, -0.2) is 4.79 Å². The molecule has 0 radical (unpaired) electrons. The molecule has 2 rings (SSSR count). The number of nitrogens with zero attached hydrogens (tertiary/aromatic N) is 1. The summed E-state index contributed by atoms with van der Waals surface area (Å²) in [5.74, 6) is 6.63. The zero-order chi connectivity index (χ0) is 19.5. The van der Waals surface area contributed by atoms with Crippen LogP contribution in [0.3, 0.4) is 0 Å². The molecule has 0 spiro atoms. The van der Waals surface area contributed by atoms with Crippen molar-refractivity contribution in [1.82, 2.24) is 5.06 Å².